The first-order valence-corrected chi connectivity index (χ1v) is 8.43. The van der Waals surface area contributed by atoms with Crippen LogP contribution in [0.5, 0.6) is 0 Å². The van der Waals surface area contributed by atoms with Gasteiger partial charge in [-0.2, -0.15) is 0 Å². The molecule has 1 aromatic rings. The zero-order chi connectivity index (χ0) is 20.5. The van der Waals surface area contributed by atoms with E-state index in [0.717, 1.165) is 22.6 Å². The summed E-state index contributed by atoms with van der Waals surface area (Å²) in [4.78, 5) is 59.0. The van der Waals surface area contributed by atoms with Crippen LogP contribution in [0.15, 0.2) is 42.5 Å². The smallest absolute Gasteiger partial charge is 0.405 e. The van der Waals surface area contributed by atoms with Crippen LogP contribution in [0.3, 0.4) is 0 Å². The molecular weight excluding hydrogens is 368 g/mol. The van der Waals surface area contributed by atoms with Gasteiger partial charge in [-0.25, -0.2) is 4.79 Å². The average molecular weight is 388 g/mol. The summed E-state index contributed by atoms with van der Waals surface area (Å²) in [6.45, 7) is -0.583. The number of benzene rings is 1. The molecule has 0 radical (unpaired) electrons. The Balaban J connectivity index is 1.93. The van der Waals surface area contributed by atoms with Crippen LogP contribution in [0.1, 0.15) is 5.56 Å². The van der Waals surface area contributed by atoms with Crippen molar-refractivity contribution < 1.29 is 28.7 Å². The molecule has 10 nitrogen and oxygen atoms in total. The van der Waals surface area contributed by atoms with Gasteiger partial charge in [0.2, 0.25) is 5.91 Å². The zero-order valence-corrected chi connectivity index (χ0v) is 14.9. The number of hydrogen-bond donors (Lipinski definition) is 3. The van der Waals surface area contributed by atoms with E-state index < -0.39 is 42.4 Å². The first kappa shape index (κ1) is 20.6. The van der Waals surface area contributed by atoms with E-state index >= 15 is 0 Å². The number of nitrogens with one attached hydrogen (secondary N) is 2. The number of hydrogen-bond acceptors (Lipinski definition) is 6. The van der Waals surface area contributed by atoms with Crippen molar-refractivity contribution in [2.45, 2.75) is 12.5 Å². The molecular formula is C18H20N4O6. The molecule has 5 amide bonds. The molecule has 1 unspecified atom stereocenters. The molecule has 0 aliphatic carbocycles. The summed E-state index contributed by atoms with van der Waals surface area (Å²) in [5, 5.41) is 5.05. The molecule has 0 aromatic heterocycles. The molecule has 1 heterocycles. The lowest BCUT2D eigenvalue weighted by atomic mass is 10.1. The van der Waals surface area contributed by atoms with E-state index in [2.05, 4.69) is 15.4 Å². The Morgan fingerprint density at radius 1 is 1.07 bits per heavy atom. The van der Waals surface area contributed by atoms with Crippen LogP contribution in [0, 0.1) is 0 Å². The maximum atomic E-state index is 12.5. The van der Waals surface area contributed by atoms with E-state index in [1.807, 2.05) is 6.07 Å². The fourth-order valence-electron chi connectivity index (χ4n) is 2.50. The molecule has 4 N–H and O–H groups in total. The third-order valence-corrected chi connectivity index (χ3v) is 3.82. The van der Waals surface area contributed by atoms with Gasteiger partial charge >= 0.3 is 6.09 Å². The predicted octanol–water partition coefficient (Wildman–Crippen LogP) is -1.15. The second-order valence-corrected chi connectivity index (χ2v) is 5.87. The van der Waals surface area contributed by atoms with Crippen molar-refractivity contribution in [3.63, 3.8) is 0 Å². The van der Waals surface area contributed by atoms with Gasteiger partial charge in [0.25, 0.3) is 17.7 Å². The topological polar surface area (TPSA) is 148 Å². The Morgan fingerprint density at radius 2 is 1.71 bits per heavy atom. The van der Waals surface area contributed by atoms with E-state index in [4.69, 9.17) is 5.73 Å². The normalized spacial score (nSPS) is 13.9. The Labute approximate surface area is 160 Å². The van der Waals surface area contributed by atoms with Crippen molar-refractivity contribution in [2.24, 2.45) is 5.73 Å². The van der Waals surface area contributed by atoms with Crippen molar-refractivity contribution in [1.29, 1.82) is 0 Å². The number of carbonyl (C=O) groups excluding carboxylic acids is 5. The van der Waals surface area contributed by atoms with Crippen LogP contribution in [-0.4, -0.2) is 60.4 Å². The molecule has 0 spiro atoms. The summed E-state index contributed by atoms with van der Waals surface area (Å²) in [5.74, 6) is -2.10. The van der Waals surface area contributed by atoms with Crippen LogP contribution in [0.4, 0.5) is 4.79 Å². The Bertz CT molecular complexity index is 775. The molecule has 0 saturated heterocycles. The summed E-state index contributed by atoms with van der Waals surface area (Å²) in [6.07, 6.45) is 1.40. The van der Waals surface area contributed by atoms with E-state index in [-0.39, 0.29) is 19.5 Å². The number of rotatable bonds is 9. The molecule has 0 bridgehead atoms. The van der Waals surface area contributed by atoms with E-state index in [9.17, 15) is 24.0 Å². The third kappa shape index (κ3) is 6.24. The maximum Gasteiger partial charge on any atom is 0.405 e. The highest BCUT2D eigenvalue weighted by Gasteiger charge is 2.25. The zero-order valence-electron chi connectivity index (χ0n) is 14.9. The monoisotopic (exact) mass is 388 g/mol. The van der Waals surface area contributed by atoms with Gasteiger partial charge in [0.15, 0.2) is 6.61 Å². The summed E-state index contributed by atoms with van der Waals surface area (Å²) in [7, 11) is 0. The van der Waals surface area contributed by atoms with Crippen LogP contribution >= 0.6 is 0 Å². The Hall–Kier alpha value is -3.69. The van der Waals surface area contributed by atoms with Crippen molar-refractivity contribution in [3.8, 4) is 0 Å². The van der Waals surface area contributed by atoms with Gasteiger partial charge in [-0.1, -0.05) is 30.3 Å². The molecule has 1 aromatic carbocycles. The van der Waals surface area contributed by atoms with E-state index in [1.54, 1.807) is 24.3 Å². The van der Waals surface area contributed by atoms with Crippen LogP contribution in [-0.2, 0) is 30.3 Å². The number of nitrogens with zero attached hydrogens (tertiary/aromatic N) is 1. The lowest BCUT2D eigenvalue weighted by Gasteiger charge is -2.20. The average Bonchev–Trinajstić information content (AvgIpc) is 2.98. The molecule has 0 fully saturated rings. The highest BCUT2D eigenvalue weighted by molar-refractivity contribution is 6.12. The van der Waals surface area contributed by atoms with Crippen molar-refractivity contribution >= 4 is 29.7 Å². The highest BCUT2D eigenvalue weighted by atomic mass is 16.5. The van der Waals surface area contributed by atoms with Gasteiger partial charge in [0.05, 0.1) is 0 Å². The number of amides is 5. The molecule has 1 aliphatic rings. The molecule has 28 heavy (non-hydrogen) atoms. The summed E-state index contributed by atoms with van der Waals surface area (Å²) >= 11 is 0. The Kier molecular flexibility index (Phi) is 7.26. The van der Waals surface area contributed by atoms with Crippen LogP contribution in [0.2, 0.25) is 0 Å². The van der Waals surface area contributed by atoms with Crippen molar-refractivity contribution in [2.75, 3.05) is 19.7 Å². The minimum Gasteiger partial charge on any atom is -0.440 e. The summed E-state index contributed by atoms with van der Waals surface area (Å²) in [6, 6.07) is 8.03. The lowest BCUT2D eigenvalue weighted by molar-refractivity contribution is -0.137. The number of nitrogens with two attached hydrogens (primary N) is 1. The third-order valence-electron chi connectivity index (χ3n) is 3.82. The number of imide groups is 1. The minimum absolute atomic E-state index is 0.00714. The predicted molar refractivity (Wildman–Crippen MR) is 96.5 cm³/mol. The molecule has 2 rings (SSSR count). The van der Waals surface area contributed by atoms with Gasteiger partial charge in [-0.15, -0.1) is 0 Å². The van der Waals surface area contributed by atoms with Gasteiger partial charge in [0.1, 0.15) is 6.04 Å². The second-order valence-electron chi connectivity index (χ2n) is 5.87. The van der Waals surface area contributed by atoms with Crippen LogP contribution < -0.4 is 16.4 Å². The minimum atomic E-state index is -1.10. The number of ether oxygens (including phenoxy) is 1. The quantitative estimate of drug-likeness (QED) is 0.455. The molecule has 148 valence electrons. The molecule has 0 saturated carbocycles. The lowest BCUT2D eigenvalue weighted by Crippen LogP contribution is -2.50. The van der Waals surface area contributed by atoms with E-state index in [0.29, 0.717) is 0 Å². The standard InChI is InChI=1S/C18H20N4O6/c19-18(27)28-11-14(23)21-13(10-12-4-2-1-3-5-12)17(26)20-8-9-22-15(24)6-7-16(22)25/h1-7,13H,8-11H2,(H2,19,27)(H,20,26)(H,21,23). The fraction of sp³-hybridized carbons (Fsp3) is 0.278. The second kappa shape index (κ2) is 9.86. The highest BCUT2D eigenvalue weighted by Crippen LogP contribution is 2.05. The largest absolute Gasteiger partial charge is 0.440 e. The van der Waals surface area contributed by atoms with Crippen molar-refractivity contribution in [3.05, 3.63) is 48.0 Å². The van der Waals surface area contributed by atoms with E-state index in [1.165, 1.54) is 0 Å². The fourth-order valence-corrected chi connectivity index (χ4v) is 2.50. The van der Waals surface area contributed by atoms with Crippen LogP contribution in [0.25, 0.3) is 0 Å². The molecule has 1 atom stereocenters. The summed E-state index contributed by atoms with van der Waals surface area (Å²) in [5.41, 5.74) is 5.62. The number of primary amides is 1. The molecule has 1 aliphatic heterocycles. The van der Waals surface area contributed by atoms with Gasteiger partial charge in [-0.05, 0) is 5.56 Å². The molecule has 10 heteroatoms. The van der Waals surface area contributed by atoms with Gasteiger partial charge in [0, 0.05) is 31.7 Å². The maximum absolute atomic E-state index is 12.5. The Morgan fingerprint density at radius 3 is 2.32 bits per heavy atom. The summed E-state index contributed by atoms with van der Waals surface area (Å²) < 4.78 is 4.41. The van der Waals surface area contributed by atoms with Crippen molar-refractivity contribution in [1.82, 2.24) is 15.5 Å². The first-order chi connectivity index (χ1) is 13.4. The first-order valence-electron chi connectivity index (χ1n) is 8.43. The van der Waals surface area contributed by atoms with Gasteiger partial charge < -0.3 is 21.1 Å². The van der Waals surface area contributed by atoms with Gasteiger partial charge in [-0.3, -0.25) is 24.1 Å². The SMILES string of the molecule is NC(=O)OCC(=O)NC(Cc1ccccc1)C(=O)NCCN1C(=O)C=CC1=O. The number of carbonyl (C=O) groups is 5.